The molecule has 0 amide bonds. The van der Waals surface area contributed by atoms with Crippen LogP contribution in [0, 0.1) is 0 Å². The van der Waals surface area contributed by atoms with Gasteiger partial charge in [0.2, 0.25) is 0 Å². The van der Waals surface area contributed by atoms with Crippen molar-refractivity contribution in [2.75, 3.05) is 10.2 Å². The molecule has 0 aromatic rings. The van der Waals surface area contributed by atoms with Gasteiger partial charge >= 0.3 is 0 Å². The maximum atomic E-state index is 2.11. The number of hydrogen-bond acceptors (Lipinski definition) is 3. The fourth-order valence-corrected chi connectivity index (χ4v) is 7.39. The standard InChI is InChI=1S/C3H8S3Si/c7-3-5-1-4-2-6-3/h3H,1-2H2,7H3. The Morgan fingerprint density at radius 3 is 2.14 bits per heavy atom. The van der Waals surface area contributed by atoms with Crippen molar-refractivity contribution in [3.05, 3.63) is 0 Å². The monoisotopic (exact) mass is 168 g/mol. The summed E-state index contributed by atoms with van der Waals surface area (Å²) in [5.74, 6) is 0. The zero-order valence-corrected chi connectivity index (χ0v) is 8.67. The van der Waals surface area contributed by atoms with E-state index in [2.05, 4.69) is 23.5 Å². The van der Waals surface area contributed by atoms with Crippen molar-refractivity contribution in [2.45, 2.75) is 4.21 Å². The van der Waals surface area contributed by atoms with E-state index in [1.54, 1.807) is 0 Å². The largest absolute Gasteiger partial charge is 0.141 e. The second-order valence-corrected chi connectivity index (χ2v) is 8.84. The predicted octanol–water partition coefficient (Wildman–Crippen LogP) is 0.764. The highest BCUT2D eigenvalue weighted by Crippen LogP contribution is 2.33. The van der Waals surface area contributed by atoms with Crippen molar-refractivity contribution in [1.29, 1.82) is 0 Å². The van der Waals surface area contributed by atoms with Crippen LogP contribution < -0.4 is 0 Å². The molecule has 1 fully saturated rings. The number of rotatable bonds is 0. The van der Waals surface area contributed by atoms with Gasteiger partial charge < -0.3 is 0 Å². The van der Waals surface area contributed by atoms with E-state index in [0.29, 0.717) is 0 Å². The Morgan fingerprint density at radius 2 is 1.86 bits per heavy atom. The number of thioether (sulfide) groups is 3. The molecule has 0 radical (unpaired) electrons. The first-order chi connectivity index (χ1) is 3.39. The quantitative estimate of drug-likeness (QED) is 0.490. The average Bonchev–Trinajstić information content (AvgIpc) is 1.69. The molecule has 42 valence electrons. The van der Waals surface area contributed by atoms with Crippen molar-refractivity contribution < 1.29 is 0 Å². The van der Waals surface area contributed by atoms with Crippen LogP contribution in [0.2, 0.25) is 0 Å². The summed E-state index contributed by atoms with van der Waals surface area (Å²) >= 11 is 6.26. The minimum atomic E-state index is 0.987. The van der Waals surface area contributed by atoms with E-state index < -0.39 is 0 Å². The fourth-order valence-electron chi connectivity index (χ4n) is 0.370. The van der Waals surface area contributed by atoms with Gasteiger partial charge in [0.05, 0.1) is 0 Å². The average molecular weight is 168 g/mol. The number of hydrogen-bond donors (Lipinski definition) is 0. The van der Waals surface area contributed by atoms with Gasteiger partial charge in [-0.25, -0.2) is 0 Å². The third-order valence-electron chi connectivity index (χ3n) is 0.772. The minimum Gasteiger partial charge on any atom is -0.141 e. The van der Waals surface area contributed by atoms with Gasteiger partial charge in [0.15, 0.2) is 0 Å². The third-order valence-corrected chi connectivity index (χ3v) is 6.95. The Bertz CT molecular complexity index is 52.1. The van der Waals surface area contributed by atoms with Gasteiger partial charge in [-0.2, -0.15) is 0 Å². The van der Waals surface area contributed by atoms with Gasteiger partial charge in [0.1, 0.15) is 0 Å². The molecule has 0 nitrogen and oxygen atoms in total. The molecule has 0 N–H and O–H groups in total. The lowest BCUT2D eigenvalue weighted by Gasteiger charge is -2.14. The molecule has 4 heteroatoms. The Labute approximate surface area is 60.0 Å². The van der Waals surface area contributed by atoms with Crippen LogP contribution in [0.3, 0.4) is 0 Å². The summed E-state index contributed by atoms with van der Waals surface area (Å²) in [5.41, 5.74) is 0. The lowest BCUT2D eigenvalue weighted by molar-refractivity contribution is 1.92. The van der Waals surface area contributed by atoms with Gasteiger partial charge in [0.25, 0.3) is 0 Å². The van der Waals surface area contributed by atoms with Gasteiger partial charge in [0, 0.05) is 24.6 Å². The second-order valence-electron chi connectivity index (χ2n) is 1.34. The first-order valence-electron chi connectivity index (χ1n) is 2.20. The topological polar surface area (TPSA) is 0 Å². The van der Waals surface area contributed by atoms with Crippen LogP contribution in [0.4, 0.5) is 0 Å². The van der Waals surface area contributed by atoms with E-state index in [1.807, 2.05) is 11.8 Å². The second kappa shape index (κ2) is 3.32. The van der Waals surface area contributed by atoms with E-state index in [1.165, 1.54) is 20.4 Å². The summed E-state index contributed by atoms with van der Waals surface area (Å²) in [6, 6.07) is 0. The van der Waals surface area contributed by atoms with Crippen LogP contribution >= 0.6 is 35.3 Å². The highest BCUT2D eigenvalue weighted by atomic mass is 32.3. The Balaban J connectivity index is 2.12. The van der Waals surface area contributed by atoms with Crippen LogP contribution in [0.15, 0.2) is 0 Å². The maximum absolute atomic E-state index is 2.11. The summed E-state index contributed by atoms with van der Waals surface area (Å²) in [5, 5.41) is 2.67. The molecule has 0 saturated carbocycles. The van der Waals surface area contributed by atoms with E-state index in [4.69, 9.17) is 0 Å². The van der Waals surface area contributed by atoms with Gasteiger partial charge in [-0.3, -0.25) is 0 Å². The third kappa shape index (κ3) is 2.35. The summed E-state index contributed by atoms with van der Waals surface area (Å²) in [6.45, 7) is 0. The lowest BCUT2D eigenvalue weighted by Crippen LogP contribution is -2.00. The molecule has 0 aromatic carbocycles. The van der Waals surface area contributed by atoms with Gasteiger partial charge in [-0.05, 0) is 0 Å². The smallest absolute Gasteiger partial charge is 0.0408 e. The van der Waals surface area contributed by atoms with E-state index in [-0.39, 0.29) is 0 Å². The van der Waals surface area contributed by atoms with Crippen molar-refractivity contribution in [3.8, 4) is 0 Å². The summed E-state index contributed by atoms with van der Waals surface area (Å²) in [7, 11) is 1.36. The van der Waals surface area contributed by atoms with Crippen LogP contribution in [-0.4, -0.2) is 24.6 Å². The van der Waals surface area contributed by atoms with E-state index in [0.717, 1.165) is 4.21 Å². The Morgan fingerprint density at radius 1 is 1.29 bits per heavy atom. The molecule has 1 heterocycles. The highest BCUT2D eigenvalue weighted by Gasteiger charge is 2.07. The van der Waals surface area contributed by atoms with Crippen molar-refractivity contribution in [2.24, 2.45) is 0 Å². The molecule has 0 aliphatic carbocycles. The SMILES string of the molecule is [SiH3]C1SCSCS1. The zero-order valence-electron chi connectivity index (χ0n) is 4.22. The van der Waals surface area contributed by atoms with E-state index >= 15 is 0 Å². The minimum absolute atomic E-state index is 0.987. The first kappa shape index (κ1) is 6.39. The molecule has 0 unspecified atom stereocenters. The molecule has 1 aliphatic heterocycles. The molecule has 7 heavy (non-hydrogen) atoms. The molecule has 1 rings (SSSR count). The Hall–Kier alpha value is 1.27. The van der Waals surface area contributed by atoms with Crippen LogP contribution in [0.1, 0.15) is 0 Å². The van der Waals surface area contributed by atoms with Crippen LogP contribution in [0.25, 0.3) is 0 Å². The normalized spacial score (nSPS) is 25.7. The molecule has 0 spiro atoms. The summed E-state index contributed by atoms with van der Waals surface area (Å²) in [4.78, 5) is 0. The van der Waals surface area contributed by atoms with Crippen molar-refractivity contribution in [1.82, 2.24) is 0 Å². The molecule has 1 aliphatic rings. The lowest BCUT2D eigenvalue weighted by atomic mass is 11.8. The highest BCUT2D eigenvalue weighted by molar-refractivity contribution is 8.33. The van der Waals surface area contributed by atoms with Crippen molar-refractivity contribution >= 4 is 45.5 Å². The first-order valence-corrected chi connectivity index (χ1v) is 6.61. The van der Waals surface area contributed by atoms with Crippen LogP contribution in [-0.2, 0) is 0 Å². The molecule has 0 aromatic heterocycles. The van der Waals surface area contributed by atoms with E-state index in [9.17, 15) is 0 Å². The molecular weight excluding hydrogens is 160 g/mol. The van der Waals surface area contributed by atoms with Crippen molar-refractivity contribution in [3.63, 3.8) is 0 Å². The predicted molar refractivity (Wildman–Crippen MR) is 46.2 cm³/mol. The maximum Gasteiger partial charge on any atom is 0.0408 e. The fraction of sp³-hybridized carbons (Fsp3) is 1.00. The van der Waals surface area contributed by atoms with Gasteiger partial charge in [-0.1, -0.05) is 0 Å². The molecule has 0 bridgehead atoms. The molecule has 0 atom stereocenters. The Kier molecular flexibility index (Phi) is 3.03. The molecular formula is C3H8S3Si. The zero-order chi connectivity index (χ0) is 5.11. The summed E-state index contributed by atoms with van der Waals surface area (Å²) < 4.78 is 0.987. The van der Waals surface area contributed by atoms with Crippen LogP contribution in [0.5, 0.6) is 0 Å². The summed E-state index contributed by atoms with van der Waals surface area (Å²) in [6.07, 6.45) is 0. The van der Waals surface area contributed by atoms with Gasteiger partial charge in [-0.15, -0.1) is 35.3 Å². The molecule has 1 saturated heterocycles.